The molecule has 0 amide bonds. The summed E-state index contributed by atoms with van der Waals surface area (Å²) in [7, 11) is 0. The Balaban J connectivity index is 1.87. The molecule has 0 aliphatic rings. The summed E-state index contributed by atoms with van der Waals surface area (Å²) >= 11 is 0. The molecule has 1 unspecified atom stereocenters. The molecule has 1 aromatic heterocycles. The number of aliphatic hydroxyl groups excluding tert-OH is 1. The number of carboxylic acids is 1. The van der Waals surface area contributed by atoms with Gasteiger partial charge in [-0.2, -0.15) is 0 Å². The van der Waals surface area contributed by atoms with Crippen LogP contribution < -0.4 is 5.32 Å². The van der Waals surface area contributed by atoms with E-state index >= 15 is 0 Å². The van der Waals surface area contributed by atoms with Crippen LogP contribution in [0.2, 0.25) is 0 Å². The molecular formula is C15H17NO4. The quantitative estimate of drug-likeness (QED) is 0.752. The molecule has 0 radical (unpaired) electrons. The Morgan fingerprint density at radius 3 is 2.65 bits per heavy atom. The van der Waals surface area contributed by atoms with E-state index in [2.05, 4.69) is 5.32 Å². The van der Waals surface area contributed by atoms with Crippen molar-refractivity contribution in [3.63, 3.8) is 0 Å². The summed E-state index contributed by atoms with van der Waals surface area (Å²) in [5.74, 6) is -0.0695. The molecule has 0 aliphatic carbocycles. The van der Waals surface area contributed by atoms with Gasteiger partial charge in [0.2, 0.25) is 0 Å². The Hall–Kier alpha value is -2.11. The first-order chi connectivity index (χ1) is 9.58. The predicted octanol–water partition coefficient (Wildman–Crippen LogP) is 2.11. The molecule has 0 aliphatic heterocycles. The van der Waals surface area contributed by atoms with Crippen molar-refractivity contribution in [1.82, 2.24) is 5.32 Å². The molecule has 0 fully saturated rings. The Kier molecular flexibility index (Phi) is 4.55. The predicted molar refractivity (Wildman–Crippen MR) is 73.5 cm³/mol. The van der Waals surface area contributed by atoms with Crippen LogP contribution in [0.25, 0.3) is 0 Å². The lowest BCUT2D eigenvalue weighted by molar-refractivity contribution is 0.0695. The standard InChI is InChI=1S/C15H17NO4/c1-10-13(15(18)19)7-12(20-10)8-16-9-14(17)11-5-3-2-4-6-11/h2-7,14,16-17H,8-9H2,1H3,(H,18,19). The zero-order valence-electron chi connectivity index (χ0n) is 11.2. The SMILES string of the molecule is Cc1oc(CNCC(O)c2ccccc2)cc1C(=O)O. The van der Waals surface area contributed by atoms with Crippen molar-refractivity contribution < 1.29 is 19.4 Å². The van der Waals surface area contributed by atoms with Crippen LogP contribution in [0.3, 0.4) is 0 Å². The molecule has 5 nitrogen and oxygen atoms in total. The average molecular weight is 275 g/mol. The maximum Gasteiger partial charge on any atom is 0.339 e. The van der Waals surface area contributed by atoms with Crippen LogP contribution in [0.15, 0.2) is 40.8 Å². The highest BCUT2D eigenvalue weighted by Crippen LogP contribution is 2.15. The van der Waals surface area contributed by atoms with E-state index in [9.17, 15) is 9.90 Å². The summed E-state index contributed by atoms with van der Waals surface area (Å²) in [5, 5.41) is 21.9. The molecule has 1 aromatic carbocycles. The molecule has 0 saturated heterocycles. The fourth-order valence-electron chi connectivity index (χ4n) is 1.97. The molecule has 2 rings (SSSR count). The van der Waals surface area contributed by atoms with E-state index in [1.165, 1.54) is 6.07 Å². The number of aliphatic hydroxyl groups is 1. The van der Waals surface area contributed by atoms with Crippen molar-refractivity contribution in [2.24, 2.45) is 0 Å². The van der Waals surface area contributed by atoms with E-state index in [0.717, 1.165) is 5.56 Å². The van der Waals surface area contributed by atoms with Gasteiger partial charge in [0.25, 0.3) is 0 Å². The molecule has 20 heavy (non-hydrogen) atoms. The number of aryl methyl sites for hydroxylation is 1. The van der Waals surface area contributed by atoms with Crippen LogP contribution in [0, 0.1) is 6.92 Å². The maximum absolute atomic E-state index is 10.9. The lowest BCUT2D eigenvalue weighted by Gasteiger charge is -2.11. The highest BCUT2D eigenvalue weighted by molar-refractivity contribution is 5.88. The second-order valence-electron chi connectivity index (χ2n) is 4.55. The Morgan fingerprint density at radius 1 is 1.35 bits per heavy atom. The van der Waals surface area contributed by atoms with Crippen LogP contribution >= 0.6 is 0 Å². The Labute approximate surface area is 116 Å². The van der Waals surface area contributed by atoms with Crippen molar-refractivity contribution in [1.29, 1.82) is 0 Å². The number of furan rings is 1. The Morgan fingerprint density at radius 2 is 2.05 bits per heavy atom. The van der Waals surface area contributed by atoms with Gasteiger partial charge in [-0.15, -0.1) is 0 Å². The summed E-state index contributed by atoms with van der Waals surface area (Å²) in [6.45, 7) is 2.36. The minimum Gasteiger partial charge on any atom is -0.478 e. The molecule has 3 N–H and O–H groups in total. The van der Waals surface area contributed by atoms with Gasteiger partial charge in [0.05, 0.1) is 12.6 Å². The van der Waals surface area contributed by atoms with Gasteiger partial charge in [-0.05, 0) is 18.6 Å². The molecule has 0 bridgehead atoms. The first-order valence-corrected chi connectivity index (χ1v) is 6.34. The van der Waals surface area contributed by atoms with Gasteiger partial charge in [-0.25, -0.2) is 4.79 Å². The zero-order valence-corrected chi connectivity index (χ0v) is 11.2. The van der Waals surface area contributed by atoms with Crippen LogP contribution in [0.4, 0.5) is 0 Å². The fourth-order valence-corrected chi connectivity index (χ4v) is 1.97. The fraction of sp³-hybridized carbons (Fsp3) is 0.267. The van der Waals surface area contributed by atoms with E-state index in [-0.39, 0.29) is 5.56 Å². The van der Waals surface area contributed by atoms with Gasteiger partial charge in [0.15, 0.2) is 0 Å². The van der Waals surface area contributed by atoms with E-state index in [4.69, 9.17) is 9.52 Å². The van der Waals surface area contributed by atoms with Crippen molar-refractivity contribution in [2.45, 2.75) is 19.6 Å². The number of benzene rings is 1. The molecule has 1 heterocycles. The average Bonchev–Trinajstić information content (AvgIpc) is 2.81. The van der Waals surface area contributed by atoms with Crippen molar-refractivity contribution >= 4 is 5.97 Å². The summed E-state index contributed by atoms with van der Waals surface area (Å²) < 4.78 is 5.34. The van der Waals surface area contributed by atoms with E-state index in [1.54, 1.807) is 6.92 Å². The maximum atomic E-state index is 10.9. The third-order valence-electron chi connectivity index (χ3n) is 3.02. The van der Waals surface area contributed by atoms with E-state index in [1.807, 2.05) is 30.3 Å². The largest absolute Gasteiger partial charge is 0.478 e. The normalized spacial score (nSPS) is 12.3. The highest BCUT2D eigenvalue weighted by Gasteiger charge is 2.13. The second kappa shape index (κ2) is 6.36. The molecule has 1 atom stereocenters. The van der Waals surface area contributed by atoms with Gasteiger partial charge in [-0.1, -0.05) is 30.3 Å². The number of carbonyl (C=O) groups is 1. The van der Waals surface area contributed by atoms with Crippen molar-refractivity contribution in [3.8, 4) is 0 Å². The third kappa shape index (κ3) is 3.46. The van der Waals surface area contributed by atoms with Crippen LogP contribution in [-0.4, -0.2) is 22.7 Å². The number of hydrogen-bond acceptors (Lipinski definition) is 4. The number of nitrogens with one attached hydrogen (secondary N) is 1. The first kappa shape index (κ1) is 14.3. The molecule has 5 heteroatoms. The zero-order chi connectivity index (χ0) is 14.5. The minimum atomic E-state index is -0.998. The molecular weight excluding hydrogens is 258 g/mol. The minimum absolute atomic E-state index is 0.172. The van der Waals surface area contributed by atoms with Gasteiger partial charge < -0.3 is 19.9 Å². The van der Waals surface area contributed by atoms with Gasteiger partial charge in [0.1, 0.15) is 17.1 Å². The molecule has 2 aromatic rings. The second-order valence-corrected chi connectivity index (χ2v) is 4.55. The smallest absolute Gasteiger partial charge is 0.339 e. The van der Waals surface area contributed by atoms with Crippen LogP contribution in [0.1, 0.15) is 33.5 Å². The highest BCUT2D eigenvalue weighted by atomic mass is 16.4. The molecule has 0 spiro atoms. The van der Waals surface area contributed by atoms with Crippen molar-refractivity contribution in [3.05, 3.63) is 59.0 Å². The van der Waals surface area contributed by atoms with Gasteiger partial charge >= 0.3 is 5.97 Å². The van der Waals surface area contributed by atoms with E-state index < -0.39 is 12.1 Å². The van der Waals surface area contributed by atoms with Gasteiger partial charge in [0, 0.05) is 6.54 Å². The summed E-state index contributed by atoms with van der Waals surface area (Å²) in [6.07, 6.45) is -0.605. The topological polar surface area (TPSA) is 82.7 Å². The van der Waals surface area contributed by atoms with Crippen molar-refractivity contribution in [2.75, 3.05) is 6.54 Å². The Bertz CT molecular complexity index is 577. The summed E-state index contributed by atoms with van der Waals surface area (Å²) in [5.41, 5.74) is 1.01. The monoisotopic (exact) mass is 275 g/mol. The lowest BCUT2D eigenvalue weighted by Crippen LogP contribution is -2.20. The molecule has 0 saturated carbocycles. The van der Waals surface area contributed by atoms with Crippen LogP contribution in [-0.2, 0) is 6.54 Å². The number of aromatic carboxylic acids is 1. The number of hydrogen-bond donors (Lipinski definition) is 3. The summed E-state index contributed by atoms with van der Waals surface area (Å²) in [4.78, 5) is 10.9. The number of rotatable bonds is 6. The van der Waals surface area contributed by atoms with E-state index in [0.29, 0.717) is 24.6 Å². The van der Waals surface area contributed by atoms with Gasteiger partial charge in [-0.3, -0.25) is 0 Å². The first-order valence-electron chi connectivity index (χ1n) is 6.34. The molecule has 106 valence electrons. The summed E-state index contributed by atoms with van der Waals surface area (Å²) in [6, 6.07) is 10.8. The number of carboxylic acid groups (broad SMARTS) is 1. The lowest BCUT2D eigenvalue weighted by atomic mass is 10.1. The third-order valence-corrected chi connectivity index (χ3v) is 3.02. The van der Waals surface area contributed by atoms with Crippen LogP contribution in [0.5, 0.6) is 0 Å².